The number of carbonyl (C=O) groups is 4. The van der Waals surface area contributed by atoms with E-state index in [1.807, 2.05) is 13.8 Å². The molecule has 1 heterocycles. The lowest BCUT2D eigenvalue weighted by Crippen LogP contribution is -2.48. The fourth-order valence-electron chi connectivity index (χ4n) is 3.82. The van der Waals surface area contributed by atoms with Crippen LogP contribution in [0, 0.1) is 11.7 Å². The first kappa shape index (κ1) is 25.1. The summed E-state index contributed by atoms with van der Waals surface area (Å²) in [6.45, 7) is 6.02. The second-order valence-electron chi connectivity index (χ2n) is 8.84. The number of fused-ring (bicyclic) bond motifs is 1. The molecule has 3 rings (SSSR count). The van der Waals surface area contributed by atoms with Gasteiger partial charge >= 0.3 is 0 Å². The Morgan fingerprint density at radius 1 is 0.971 bits per heavy atom. The summed E-state index contributed by atoms with van der Waals surface area (Å²) in [5.41, 5.74) is 1.02. The van der Waals surface area contributed by atoms with Crippen molar-refractivity contribution in [3.63, 3.8) is 0 Å². The molecule has 34 heavy (non-hydrogen) atoms. The van der Waals surface area contributed by atoms with E-state index in [4.69, 9.17) is 0 Å². The Morgan fingerprint density at radius 3 is 2.15 bits per heavy atom. The third kappa shape index (κ3) is 5.68. The Bertz CT molecular complexity index is 1050. The smallest absolute Gasteiger partial charge is 0.261 e. The van der Waals surface area contributed by atoms with Gasteiger partial charge in [0, 0.05) is 31.6 Å². The molecule has 0 spiro atoms. The van der Waals surface area contributed by atoms with Gasteiger partial charge in [-0.05, 0) is 37.5 Å². The van der Waals surface area contributed by atoms with Gasteiger partial charge in [0.15, 0.2) is 0 Å². The summed E-state index contributed by atoms with van der Waals surface area (Å²) in [5.74, 6) is -1.64. The summed E-state index contributed by atoms with van der Waals surface area (Å²) < 4.78 is 14.3. The summed E-state index contributed by atoms with van der Waals surface area (Å²) >= 11 is 0. The molecule has 0 radical (unpaired) electrons. The lowest BCUT2D eigenvalue weighted by atomic mass is 10.1. The molecule has 0 saturated heterocycles. The normalized spacial score (nSPS) is 13.7. The summed E-state index contributed by atoms with van der Waals surface area (Å²) in [4.78, 5) is 53.4. The fraction of sp³-hybridized carbons (Fsp3) is 0.385. The molecule has 7 nitrogen and oxygen atoms in total. The number of imide groups is 1. The van der Waals surface area contributed by atoms with Crippen molar-refractivity contribution in [2.45, 2.75) is 46.2 Å². The van der Waals surface area contributed by atoms with Gasteiger partial charge in [0.2, 0.25) is 11.8 Å². The minimum Gasteiger partial charge on any atom is -0.354 e. The van der Waals surface area contributed by atoms with Crippen molar-refractivity contribution in [3.8, 4) is 0 Å². The van der Waals surface area contributed by atoms with Crippen molar-refractivity contribution in [3.05, 3.63) is 71.0 Å². The first-order valence-electron chi connectivity index (χ1n) is 11.5. The quantitative estimate of drug-likeness (QED) is 0.543. The summed E-state index contributed by atoms with van der Waals surface area (Å²) in [6, 6.07) is 11.9. The molecule has 0 aliphatic carbocycles. The molecule has 4 amide bonds. The van der Waals surface area contributed by atoms with Gasteiger partial charge < -0.3 is 10.2 Å². The molecule has 0 aromatic heterocycles. The van der Waals surface area contributed by atoms with E-state index < -0.39 is 11.9 Å². The van der Waals surface area contributed by atoms with E-state index >= 15 is 0 Å². The summed E-state index contributed by atoms with van der Waals surface area (Å²) in [7, 11) is 0. The number of nitrogens with one attached hydrogen (secondary N) is 1. The number of benzene rings is 2. The second kappa shape index (κ2) is 11.0. The third-order valence-corrected chi connectivity index (χ3v) is 5.80. The van der Waals surface area contributed by atoms with Crippen LogP contribution >= 0.6 is 0 Å². The van der Waals surface area contributed by atoms with Gasteiger partial charge in [-0.3, -0.25) is 24.1 Å². The average molecular weight is 468 g/mol. The maximum Gasteiger partial charge on any atom is 0.261 e. The molecule has 2 aromatic rings. The molecule has 1 aliphatic heterocycles. The highest BCUT2D eigenvalue weighted by Crippen LogP contribution is 2.23. The number of hydrogen-bond acceptors (Lipinski definition) is 4. The van der Waals surface area contributed by atoms with E-state index in [0.29, 0.717) is 23.2 Å². The highest BCUT2D eigenvalue weighted by Gasteiger charge is 2.35. The Morgan fingerprint density at radius 2 is 1.56 bits per heavy atom. The van der Waals surface area contributed by atoms with Crippen LogP contribution in [0.4, 0.5) is 4.39 Å². The Hall–Kier alpha value is -3.55. The van der Waals surface area contributed by atoms with Crippen molar-refractivity contribution in [2.75, 3.05) is 13.1 Å². The molecular weight excluding hydrogens is 437 g/mol. The zero-order valence-electron chi connectivity index (χ0n) is 19.7. The maximum absolute atomic E-state index is 14.3. The standard InChI is InChI=1S/C26H30FN3O4/c1-17(2)15-28-24(32)18(3)30(16-19-9-4-7-12-22(19)27)23(31)13-8-14-29-25(33)20-10-5-6-11-21(20)26(29)34/h4-7,9-12,17-18H,8,13-16H2,1-3H3,(H,28,32). The predicted molar refractivity (Wildman–Crippen MR) is 125 cm³/mol. The van der Waals surface area contributed by atoms with Crippen LogP contribution in [0.5, 0.6) is 0 Å². The van der Waals surface area contributed by atoms with Gasteiger partial charge in [-0.1, -0.05) is 44.2 Å². The summed E-state index contributed by atoms with van der Waals surface area (Å²) in [5, 5.41) is 2.82. The van der Waals surface area contributed by atoms with Gasteiger partial charge in [-0.15, -0.1) is 0 Å². The maximum atomic E-state index is 14.3. The minimum absolute atomic E-state index is 0.00363. The highest BCUT2D eigenvalue weighted by atomic mass is 19.1. The van der Waals surface area contributed by atoms with Crippen molar-refractivity contribution in [1.82, 2.24) is 15.1 Å². The van der Waals surface area contributed by atoms with Crippen LogP contribution in [0.1, 0.15) is 59.9 Å². The molecule has 1 unspecified atom stereocenters. The van der Waals surface area contributed by atoms with Crippen LogP contribution < -0.4 is 5.32 Å². The van der Waals surface area contributed by atoms with Crippen LogP contribution in [-0.2, 0) is 16.1 Å². The summed E-state index contributed by atoms with van der Waals surface area (Å²) in [6.07, 6.45) is 0.238. The third-order valence-electron chi connectivity index (χ3n) is 5.80. The van der Waals surface area contributed by atoms with E-state index in [2.05, 4.69) is 5.32 Å². The molecule has 0 fully saturated rings. The number of rotatable bonds is 10. The Kier molecular flexibility index (Phi) is 8.15. The van der Waals surface area contributed by atoms with E-state index in [9.17, 15) is 23.6 Å². The van der Waals surface area contributed by atoms with Crippen LogP contribution in [-0.4, -0.2) is 52.6 Å². The minimum atomic E-state index is -0.815. The fourth-order valence-corrected chi connectivity index (χ4v) is 3.82. The molecule has 1 aliphatic rings. The van der Waals surface area contributed by atoms with Crippen LogP contribution in [0.25, 0.3) is 0 Å². The average Bonchev–Trinajstić information content (AvgIpc) is 3.06. The number of hydrogen-bond donors (Lipinski definition) is 1. The molecule has 2 aromatic carbocycles. The van der Waals surface area contributed by atoms with E-state index in [1.165, 1.54) is 11.0 Å². The van der Waals surface area contributed by atoms with E-state index in [-0.39, 0.29) is 55.5 Å². The van der Waals surface area contributed by atoms with Gasteiger partial charge in [0.1, 0.15) is 11.9 Å². The largest absolute Gasteiger partial charge is 0.354 e. The van der Waals surface area contributed by atoms with E-state index in [1.54, 1.807) is 49.4 Å². The highest BCUT2D eigenvalue weighted by molar-refractivity contribution is 6.21. The first-order valence-corrected chi connectivity index (χ1v) is 11.5. The Balaban J connectivity index is 1.67. The van der Waals surface area contributed by atoms with Crippen LogP contribution in [0.15, 0.2) is 48.5 Å². The zero-order valence-corrected chi connectivity index (χ0v) is 19.7. The monoisotopic (exact) mass is 467 g/mol. The van der Waals surface area contributed by atoms with Gasteiger partial charge in [-0.2, -0.15) is 0 Å². The lowest BCUT2D eigenvalue weighted by molar-refractivity contribution is -0.140. The van der Waals surface area contributed by atoms with Gasteiger partial charge in [0.25, 0.3) is 11.8 Å². The van der Waals surface area contributed by atoms with Crippen LogP contribution in [0.2, 0.25) is 0 Å². The first-order chi connectivity index (χ1) is 16.2. The molecule has 180 valence electrons. The van der Waals surface area contributed by atoms with Crippen molar-refractivity contribution in [2.24, 2.45) is 5.92 Å². The van der Waals surface area contributed by atoms with Crippen molar-refractivity contribution >= 4 is 23.6 Å². The predicted octanol–water partition coefficient (Wildman–Crippen LogP) is 3.39. The molecule has 1 atom stereocenters. The molecule has 1 N–H and O–H groups in total. The number of carbonyl (C=O) groups excluding carboxylic acids is 4. The zero-order chi connectivity index (χ0) is 24.8. The molecular formula is C26H30FN3O4. The molecule has 0 saturated carbocycles. The second-order valence-corrected chi connectivity index (χ2v) is 8.84. The lowest BCUT2D eigenvalue weighted by Gasteiger charge is -2.29. The Labute approximate surface area is 198 Å². The van der Waals surface area contributed by atoms with Gasteiger partial charge in [-0.25, -0.2) is 4.39 Å². The number of amides is 4. The molecule has 0 bridgehead atoms. The van der Waals surface area contributed by atoms with Crippen molar-refractivity contribution < 1.29 is 23.6 Å². The SMILES string of the molecule is CC(C)CNC(=O)C(C)N(Cc1ccccc1F)C(=O)CCCN1C(=O)c2ccccc2C1=O. The van der Waals surface area contributed by atoms with Crippen LogP contribution in [0.3, 0.4) is 0 Å². The topological polar surface area (TPSA) is 86.8 Å². The number of halogens is 1. The molecule has 8 heteroatoms. The van der Waals surface area contributed by atoms with E-state index in [0.717, 1.165) is 4.90 Å². The van der Waals surface area contributed by atoms with Crippen molar-refractivity contribution in [1.29, 1.82) is 0 Å². The van der Waals surface area contributed by atoms with Gasteiger partial charge in [0.05, 0.1) is 11.1 Å². The number of nitrogens with zero attached hydrogens (tertiary/aromatic N) is 2.